The van der Waals surface area contributed by atoms with Gasteiger partial charge < -0.3 is 20.1 Å². The van der Waals surface area contributed by atoms with Gasteiger partial charge in [-0.15, -0.1) is 0 Å². The van der Waals surface area contributed by atoms with Crippen molar-refractivity contribution in [3.05, 3.63) is 91.0 Å². The highest BCUT2D eigenvalue weighted by Gasteiger charge is 2.19. The van der Waals surface area contributed by atoms with Gasteiger partial charge in [-0.1, -0.05) is 42.5 Å². The zero-order valence-electron chi connectivity index (χ0n) is 20.8. The van der Waals surface area contributed by atoms with E-state index in [1.54, 1.807) is 0 Å². The molecule has 0 bridgehead atoms. The third kappa shape index (κ3) is 4.96. The van der Waals surface area contributed by atoms with Crippen LogP contribution in [0.1, 0.15) is 5.56 Å². The Labute approximate surface area is 215 Å². The number of fused-ring (bicyclic) bond motifs is 1. The molecule has 2 N–H and O–H groups in total. The Hall–Kier alpha value is -4.43. The van der Waals surface area contributed by atoms with Crippen molar-refractivity contribution in [2.75, 3.05) is 38.5 Å². The Morgan fingerprint density at radius 2 is 1.73 bits per heavy atom. The van der Waals surface area contributed by atoms with Crippen molar-refractivity contribution in [3.8, 4) is 22.3 Å². The molecule has 8 heteroatoms. The van der Waals surface area contributed by atoms with Gasteiger partial charge in [-0.25, -0.2) is 9.78 Å². The zero-order valence-corrected chi connectivity index (χ0v) is 20.8. The van der Waals surface area contributed by atoms with Crippen LogP contribution in [-0.4, -0.2) is 68.8 Å². The molecule has 37 heavy (non-hydrogen) atoms. The summed E-state index contributed by atoms with van der Waals surface area (Å²) in [5, 5.41) is 8.63. The first-order valence-electron chi connectivity index (χ1n) is 12.5. The number of carbonyl (C=O) groups excluding carboxylic acids is 1. The number of nitrogens with zero attached hydrogens (tertiary/aromatic N) is 5. The number of hydrogen-bond donors (Lipinski definition) is 2. The molecule has 186 valence electrons. The van der Waals surface area contributed by atoms with Gasteiger partial charge in [0.2, 0.25) is 0 Å². The van der Waals surface area contributed by atoms with Crippen LogP contribution in [0.4, 0.5) is 10.5 Å². The molecule has 8 nitrogen and oxygen atoms in total. The fourth-order valence-corrected chi connectivity index (χ4v) is 4.72. The highest BCUT2D eigenvalue weighted by molar-refractivity contribution is 5.95. The summed E-state index contributed by atoms with van der Waals surface area (Å²) in [5.74, 6) is 0. The van der Waals surface area contributed by atoms with Crippen LogP contribution in [0.15, 0.2) is 85.5 Å². The zero-order chi connectivity index (χ0) is 25.2. The van der Waals surface area contributed by atoms with E-state index < -0.39 is 0 Å². The minimum Gasteiger partial charge on any atom is -0.346 e. The number of piperazine rings is 1. The number of nitrogens with one attached hydrogen (secondary N) is 2. The maximum atomic E-state index is 12.6. The van der Waals surface area contributed by atoms with Crippen LogP contribution in [0.25, 0.3) is 33.3 Å². The van der Waals surface area contributed by atoms with Gasteiger partial charge in [0.1, 0.15) is 5.65 Å². The van der Waals surface area contributed by atoms with Crippen molar-refractivity contribution in [3.63, 3.8) is 0 Å². The van der Waals surface area contributed by atoms with Gasteiger partial charge in [0.25, 0.3) is 0 Å². The van der Waals surface area contributed by atoms with Gasteiger partial charge >= 0.3 is 6.03 Å². The Morgan fingerprint density at radius 1 is 0.946 bits per heavy atom. The Kier molecular flexibility index (Phi) is 6.16. The number of H-pyrrole nitrogens is 1. The third-order valence-electron chi connectivity index (χ3n) is 6.92. The molecule has 2 aromatic carbocycles. The smallest absolute Gasteiger partial charge is 0.321 e. The van der Waals surface area contributed by atoms with E-state index in [0.29, 0.717) is 0 Å². The second-order valence-electron chi connectivity index (χ2n) is 9.53. The fourth-order valence-electron chi connectivity index (χ4n) is 4.72. The molecule has 0 spiro atoms. The van der Waals surface area contributed by atoms with E-state index >= 15 is 0 Å². The van der Waals surface area contributed by atoms with E-state index in [0.717, 1.165) is 71.7 Å². The summed E-state index contributed by atoms with van der Waals surface area (Å²) >= 11 is 0. The van der Waals surface area contributed by atoms with E-state index in [1.807, 2.05) is 70.6 Å². The summed E-state index contributed by atoms with van der Waals surface area (Å²) < 4.78 is 1.95. The number of amides is 2. The first-order valence-corrected chi connectivity index (χ1v) is 12.5. The average molecular weight is 492 g/mol. The highest BCUT2D eigenvalue weighted by atomic mass is 16.2. The first kappa shape index (κ1) is 23.0. The normalized spacial score (nSPS) is 14.2. The van der Waals surface area contributed by atoms with Gasteiger partial charge in [-0.05, 0) is 36.4 Å². The van der Waals surface area contributed by atoms with Crippen LogP contribution in [0.5, 0.6) is 0 Å². The molecule has 0 saturated carbocycles. The monoisotopic (exact) mass is 491 g/mol. The molecule has 2 amide bonds. The van der Waals surface area contributed by atoms with E-state index in [1.165, 1.54) is 5.56 Å². The minimum absolute atomic E-state index is 0.0475. The predicted octanol–water partition coefficient (Wildman–Crippen LogP) is 4.92. The summed E-state index contributed by atoms with van der Waals surface area (Å²) in [7, 11) is 2.08. The number of pyridine rings is 1. The van der Waals surface area contributed by atoms with Gasteiger partial charge in [0.15, 0.2) is 0 Å². The molecule has 0 unspecified atom stereocenters. The standard InChI is InChI=1S/C29H29N7O/c1-34-11-13-35(14-12-34)29(37)33-25-9-7-22(8-10-25)23-15-26-27(18-31-28(26)30-16-23)24-17-32-36(20-24)19-21-5-3-2-4-6-21/h2-10,15-18,20H,11-14,19H2,1H3,(H,30,31)(H,33,37). The number of aromatic nitrogens is 4. The number of benzene rings is 2. The summed E-state index contributed by atoms with van der Waals surface area (Å²) in [5.41, 5.74) is 7.01. The summed E-state index contributed by atoms with van der Waals surface area (Å²) in [4.78, 5) is 24.6. The minimum atomic E-state index is -0.0475. The molecule has 1 aliphatic rings. The van der Waals surface area contributed by atoms with Gasteiger partial charge in [-0.3, -0.25) is 4.68 Å². The van der Waals surface area contributed by atoms with Crippen LogP contribution in [-0.2, 0) is 6.54 Å². The lowest BCUT2D eigenvalue weighted by atomic mass is 10.0. The maximum absolute atomic E-state index is 12.6. The van der Waals surface area contributed by atoms with Crippen LogP contribution in [0.2, 0.25) is 0 Å². The molecule has 4 heterocycles. The van der Waals surface area contributed by atoms with Gasteiger partial charge in [0.05, 0.1) is 12.7 Å². The summed E-state index contributed by atoms with van der Waals surface area (Å²) in [6, 6.07) is 20.3. The highest BCUT2D eigenvalue weighted by Crippen LogP contribution is 2.31. The lowest BCUT2D eigenvalue weighted by molar-refractivity contribution is 0.164. The molecule has 3 aromatic heterocycles. The first-order chi connectivity index (χ1) is 18.1. The number of aromatic amines is 1. The lowest BCUT2D eigenvalue weighted by Gasteiger charge is -2.32. The van der Waals surface area contributed by atoms with Crippen molar-refractivity contribution in [1.29, 1.82) is 0 Å². The second kappa shape index (κ2) is 9.91. The number of carbonyl (C=O) groups is 1. The molecule has 0 aliphatic carbocycles. The SMILES string of the molecule is CN1CCN(C(=O)Nc2ccc(-c3cnc4[nH]cc(-c5cnn(Cc6ccccc6)c5)c4c3)cc2)CC1. The topological polar surface area (TPSA) is 82.1 Å². The molecule has 5 aromatic rings. The molecule has 0 radical (unpaired) electrons. The number of likely N-dealkylation sites (N-methyl/N-ethyl adjacent to an activating group) is 1. The van der Waals surface area contributed by atoms with Crippen molar-refractivity contribution >= 4 is 22.8 Å². The predicted molar refractivity (Wildman–Crippen MR) is 146 cm³/mol. The van der Waals surface area contributed by atoms with Crippen LogP contribution in [0, 0.1) is 0 Å². The van der Waals surface area contributed by atoms with Crippen LogP contribution in [0.3, 0.4) is 0 Å². The molecule has 1 fully saturated rings. The van der Waals surface area contributed by atoms with E-state index in [-0.39, 0.29) is 6.03 Å². The van der Waals surface area contributed by atoms with E-state index in [9.17, 15) is 4.79 Å². The molecule has 6 rings (SSSR count). The summed E-state index contributed by atoms with van der Waals surface area (Å²) in [6.07, 6.45) is 7.83. The third-order valence-corrected chi connectivity index (χ3v) is 6.92. The van der Waals surface area contributed by atoms with Gasteiger partial charge in [0, 0.05) is 72.5 Å². The van der Waals surface area contributed by atoms with Crippen molar-refractivity contribution in [2.45, 2.75) is 6.54 Å². The van der Waals surface area contributed by atoms with Crippen molar-refractivity contribution in [2.24, 2.45) is 0 Å². The maximum Gasteiger partial charge on any atom is 0.321 e. The van der Waals surface area contributed by atoms with Gasteiger partial charge in [-0.2, -0.15) is 5.10 Å². The van der Waals surface area contributed by atoms with Crippen molar-refractivity contribution in [1.82, 2.24) is 29.5 Å². The molecular formula is C29H29N7O. The van der Waals surface area contributed by atoms with E-state index in [2.05, 4.69) is 56.7 Å². The quantitative estimate of drug-likeness (QED) is 0.366. The largest absolute Gasteiger partial charge is 0.346 e. The number of rotatable bonds is 5. The molecule has 1 saturated heterocycles. The Balaban J connectivity index is 1.19. The number of hydrogen-bond acceptors (Lipinski definition) is 4. The fraction of sp³-hybridized carbons (Fsp3) is 0.207. The number of anilines is 1. The van der Waals surface area contributed by atoms with Crippen LogP contribution < -0.4 is 5.32 Å². The van der Waals surface area contributed by atoms with Crippen LogP contribution >= 0.6 is 0 Å². The molecular weight excluding hydrogens is 462 g/mol. The Bertz CT molecular complexity index is 1510. The molecule has 1 aliphatic heterocycles. The lowest BCUT2D eigenvalue weighted by Crippen LogP contribution is -2.48. The Morgan fingerprint density at radius 3 is 2.51 bits per heavy atom. The molecule has 0 atom stereocenters. The number of urea groups is 1. The average Bonchev–Trinajstić information content (AvgIpc) is 3.56. The second-order valence-corrected chi connectivity index (χ2v) is 9.53. The van der Waals surface area contributed by atoms with Crippen molar-refractivity contribution < 1.29 is 4.79 Å². The van der Waals surface area contributed by atoms with E-state index in [4.69, 9.17) is 0 Å². The summed E-state index contributed by atoms with van der Waals surface area (Å²) in [6.45, 7) is 4.02.